The number of rotatable bonds is 6. The van der Waals surface area contributed by atoms with Crippen molar-refractivity contribution in [1.29, 1.82) is 0 Å². The molecule has 0 N–H and O–H groups in total. The van der Waals surface area contributed by atoms with Crippen molar-refractivity contribution in [3.63, 3.8) is 0 Å². The average Bonchev–Trinajstić information content (AvgIpc) is 2.82. The number of anilines is 2. The Morgan fingerprint density at radius 3 is 2.58 bits per heavy atom. The number of benzene rings is 2. The molecule has 2 unspecified atom stereocenters. The Balaban J connectivity index is 2.12. The van der Waals surface area contributed by atoms with Crippen LogP contribution in [0, 0.1) is 5.41 Å². The van der Waals surface area contributed by atoms with Gasteiger partial charge in [-0.05, 0) is 48.6 Å². The van der Waals surface area contributed by atoms with Gasteiger partial charge in [-0.1, -0.05) is 44.9 Å². The lowest BCUT2D eigenvalue weighted by atomic mass is 9.81. The molecule has 0 spiro atoms. The number of fused-ring (bicyclic) bond motifs is 1. The molecule has 26 heavy (non-hydrogen) atoms. The molecule has 2 aromatic carbocycles. The standard InChI is InChI=1S/C22H29NO2S/c1-4-6-14-22(5-2)16-23(18-10-8-7-9-11-18)20-13-12-19(25-3)15-21(20)26(24)17-22/h7-13,15H,4-6,14,16-17H2,1-3H3. The zero-order valence-corrected chi connectivity index (χ0v) is 16.8. The lowest BCUT2D eigenvalue weighted by Gasteiger charge is -2.36. The van der Waals surface area contributed by atoms with Crippen molar-refractivity contribution in [2.24, 2.45) is 5.41 Å². The molecule has 2 aromatic rings. The van der Waals surface area contributed by atoms with E-state index >= 15 is 0 Å². The van der Waals surface area contributed by atoms with Gasteiger partial charge < -0.3 is 9.64 Å². The zero-order chi connectivity index (χ0) is 18.6. The summed E-state index contributed by atoms with van der Waals surface area (Å²) in [5.41, 5.74) is 2.26. The van der Waals surface area contributed by atoms with E-state index in [1.54, 1.807) is 7.11 Å². The number of hydrogen-bond acceptors (Lipinski definition) is 3. The van der Waals surface area contributed by atoms with Crippen LogP contribution in [0.3, 0.4) is 0 Å². The molecular formula is C22H29NO2S. The normalized spacial score (nSPS) is 22.6. The van der Waals surface area contributed by atoms with Gasteiger partial charge in [0.2, 0.25) is 0 Å². The van der Waals surface area contributed by atoms with E-state index in [0.717, 1.165) is 41.4 Å². The highest BCUT2D eigenvalue weighted by Crippen LogP contribution is 2.43. The van der Waals surface area contributed by atoms with Crippen LogP contribution in [0.25, 0.3) is 0 Å². The summed E-state index contributed by atoms with van der Waals surface area (Å²) in [6.45, 7) is 5.37. The Kier molecular flexibility index (Phi) is 6.02. The van der Waals surface area contributed by atoms with Crippen LogP contribution >= 0.6 is 0 Å². The van der Waals surface area contributed by atoms with Crippen molar-refractivity contribution in [2.45, 2.75) is 44.4 Å². The van der Waals surface area contributed by atoms with Gasteiger partial charge in [-0.2, -0.15) is 0 Å². The summed E-state index contributed by atoms with van der Waals surface area (Å²) in [6.07, 6.45) is 4.49. The highest BCUT2D eigenvalue weighted by Gasteiger charge is 2.37. The van der Waals surface area contributed by atoms with Gasteiger partial charge in [0, 0.05) is 18.0 Å². The summed E-state index contributed by atoms with van der Waals surface area (Å²) in [4.78, 5) is 3.25. The van der Waals surface area contributed by atoms with Gasteiger partial charge in [0.25, 0.3) is 0 Å². The third-order valence-corrected chi connectivity index (χ3v) is 7.20. The van der Waals surface area contributed by atoms with Crippen LogP contribution in [0.2, 0.25) is 0 Å². The molecule has 3 rings (SSSR count). The molecule has 0 aliphatic carbocycles. The molecule has 0 saturated heterocycles. The number of hydrogen-bond donors (Lipinski definition) is 0. The van der Waals surface area contributed by atoms with Crippen molar-refractivity contribution in [2.75, 3.05) is 24.3 Å². The Bertz CT molecular complexity index is 762. The fraction of sp³-hybridized carbons (Fsp3) is 0.455. The van der Waals surface area contributed by atoms with Crippen molar-refractivity contribution in [1.82, 2.24) is 0 Å². The van der Waals surface area contributed by atoms with E-state index in [4.69, 9.17) is 4.74 Å². The predicted octanol–water partition coefficient (Wildman–Crippen LogP) is 5.54. The summed E-state index contributed by atoms with van der Waals surface area (Å²) < 4.78 is 18.7. The van der Waals surface area contributed by atoms with Gasteiger partial charge in [-0.15, -0.1) is 0 Å². The third kappa shape index (κ3) is 3.80. The van der Waals surface area contributed by atoms with Crippen LogP contribution in [-0.2, 0) is 10.8 Å². The number of methoxy groups -OCH3 is 1. The van der Waals surface area contributed by atoms with Crippen molar-refractivity contribution < 1.29 is 8.95 Å². The van der Waals surface area contributed by atoms with E-state index in [9.17, 15) is 4.21 Å². The quantitative estimate of drug-likeness (QED) is 0.667. The number of ether oxygens (including phenoxy) is 1. The number of nitrogens with zero attached hydrogens (tertiary/aromatic N) is 1. The van der Waals surface area contributed by atoms with E-state index in [1.165, 1.54) is 12.8 Å². The summed E-state index contributed by atoms with van der Waals surface area (Å²) in [5.74, 6) is 1.48. The maximum atomic E-state index is 13.3. The van der Waals surface area contributed by atoms with Gasteiger partial charge in [-0.25, -0.2) is 0 Å². The van der Waals surface area contributed by atoms with Crippen LogP contribution in [0.1, 0.15) is 39.5 Å². The minimum Gasteiger partial charge on any atom is -0.497 e. The average molecular weight is 372 g/mol. The maximum absolute atomic E-state index is 13.3. The zero-order valence-electron chi connectivity index (χ0n) is 16.0. The van der Waals surface area contributed by atoms with Crippen LogP contribution in [0.15, 0.2) is 53.4 Å². The second-order valence-electron chi connectivity index (χ2n) is 7.20. The second-order valence-corrected chi connectivity index (χ2v) is 8.62. The molecule has 1 aliphatic rings. The van der Waals surface area contributed by atoms with Crippen molar-refractivity contribution in [3.05, 3.63) is 48.5 Å². The summed E-state index contributed by atoms with van der Waals surface area (Å²) >= 11 is 0. The van der Waals surface area contributed by atoms with Crippen molar-refractivity contribution in [3.8, 4) is 5.75 Å². The fourth-order valence-corrected chi connectivity index (χ4v) is 5.59. The smallest absolute Gasteiger partial charge is 0.120 e. The van der Waals surface area contributed by atoms with Crippen LogP contribution in [0.5, 0.6) is 5.75 Å². The highest BCUT2D eigenvalue weighted by molar-refractivity contribution is 7.85. The molecule has 0 radical (unpaired) electrons. The first kappa shape index (κ1) is 19.0. The first-order valence-corrected chi connectivity index (χ1v) is 10.8. The van der Waals surface area contributed by atoms with Gasteiger partial charge in [0.05, 0.1) is 28.5 Å². The molecule has 1 aliphatic heterocycles. The lowest BCUT2D eigenvalue weighted by molar-refractivity contribution is 0.293. The van der Waals surface area contributed by atoms with Crippen LogP contribution < -0.4 is 9.64 Å². The predicted molar refractivity (Wildman–Crippen MR) is 110 cm³/mol. The highest BCUT2D eigenvalue weighted by atomic mass is 32.2. The van der Waals surface area contributed by atoms with Gasteiger partial charge >= 0.3 is 0 Å². The fourth-order valence-electron chi connectivity index (χ4n) is 3.78. The Morgan fingerprint density at radius 1 is 1.15 bits per heavy atom. The molecule has 4 heteroatoms. The van der Waals surface area contributed by atoms with E-state index < -0.39 is 10.8 Å². The summed E-state index contributed by atoms with van der Waals surface area (Å²) in [6, 6.07) is 16.4. The maximum Gasteiger partial charge on any atom is 0.120 e. The number of para-hydroxylation sites is 1. The van der Waals surface area contributed by atoms with Crippen LogP contribution in [-0.4, -0.2) is 23.6 Å². The molecule has 140 valence electrons. The van der Waals surface area contributed by atoms with Gasteiger partial charge in [-0.3, -0.25) is 4.21 Å². The molecule has 0 aromatic heterocycles. The minimum atomic E-state index is -1.03. The summed E-state index contributed by atoms with van der Waals surface area (Å²) in [7, 11) is 0.627. The van der Waals surface area contributed by atoms with Crippen molar-refractivity contribution >= 4 is 22.2 Å². The molecular weight excluding hydrogens is 342 g/mol. The van der Waals surface area contributed by atoms with E-state index in [-0.39, 0.29) is 5.41 Å². The third-order valence-electron chi connectivity index (χ3n) is 5.51. The van der Waals surface area contributed by atoms with E-state index in [0.29, 0.717) is 5.75 Å². The first-order valence-electron chi connectivity index (χ1n) is 9.51. The molecule has 1 heterocycles. The molecule has 2 atom stereocenters. The van der Waals surface area contributed by atoms with Crippen LogP contribution in [0.4, 0.5) is 11.4 Å². The number of unbranched alkanes of at least 4 members (excludes halogenated alkanes) is 1. The summed E-state index contributed by atoms with van der Waals surface area (Å²) in [5, 5.41) is 0. The van der Waals surface area contributed by atoms with Gasteiger partial charge in [0.1, 0.15) is 5.75 Å². The Morgan fingerprint density at radius 2 is 1.92 bits per heavy atom. The van der Waals surface area contributed by atoms with E-state index in [2.05, 4.69) is 49.1 Å². The molecule has 3 nitrogen and oxygen atoms in total. The SMILES string of the molecule is CCCCC1(CC)CN(c2ccccc2)c2ccc(OC)cc2S(=O)C1. The topological polar surface area (TPSA) is 29.5 Å². The lowest BCUT2D eigenvalue weighted by Crippen LogP contribution is -2.37. The molecule has 0 fully saturated rings. The molecule has 0 saturated carbocycles. The Labute approximate surface area is 159 Å². The van der Waals surface area contributed by atoms with E-state index in [1.807, 2.05) is 18.2 Å². The molecule has 0 amide bonds. The largest absolute Gasteiger partial charge is 0.497 e. The molecule has 0 bridgehead atoms. The minimum absolute atomic E-state index is 0.0585. The first-order chi connectivity index (χ1) is 12.6. The monoisotopic (exact) mass is 371 g/mol. The Hall–Kier alpha value is -1.81. The van der Waals surface area contributed by atoms with Gasteiger partial charge in [0.15, 0.2) is 0 Å². The second kappa shape index (κ2) is 8.26.